The van der Waals surface area contributed by atoms with Crippen molar-refractivity contribution in [2.24, 2.45) is 5.92 Å². The number of benzene rings is 1. The summed E-state index contributed by atoms with van der Waals surface area (Å²) in [5.41, 5.74) is -0.852. The lowest BCUT2D eigenvalue weighted by Gasteiger charge is -2.30. The monoisotopic (exact) mass is 384 g/mol. The van der Waals surface area contributed by atoms with Crippen molar-refractivity contribution >= 4 is 35.1 Å². The molecule has 1 saturated heterocycles. The number of hydrogen-bond acceptors (Lipinski definition) is 6. The zero-order valence-corrected chi connectivity index (χ0v) is 14.4. The Hall–Kier alpha value is -2.72. The van der Waals surface area contributed by atoms with Gasteiger partial charge in [-0.1, -0.05) is 0 Å². The number of halogens is 1. The van der Waals surface area contributed by atoms with Gasteiger partial charge in [-0.05, 0) is 31.5 Å². The Morgan fingerprint density at radius 1 is 1.23 bits per heavy atom. The first-order chi connectivity index (χ1) is 11.8. The summed E-state index contributed by atoms with van der Waals surface area (Å²) >= 11 is 0. The predicted octanol–water partition coefficient (Wildman–Crippen LogP) is 0.843. The van der Waals surface area contributed by atoms with Gasteiger partial charge in [-0.2, -0.15) is 0 Å². The molecule has 0 amide bonds. The number of nitro benzene ring substituents is 1. The summed E-state index contributed by atoms with van der Waals surface area (Å²) in [6.45, 7) is 1.38. The van der Waals surface area contributed by atoms with Gasteiger partial charge in [0.1, 0.15) is 0 Å². The minimum atomic E-state index is -0.874. The molecule has 0 spiro atoms. The maximum Gasteiger partial charge on any atom is 0.314 e. The molecule has 2 heterocycles. The van der Waals surface area contributed by atoms with Gasteiger partial charge < -0.3 is 15.1 Å². The second-order valence-corrected chi connectivity index (χ2v) is 6.08. The van der Waals surface area contributed by atoms with Gasteiger partial charge in [0.05, 0.1) is 21.9 Å². The molecular formula is C15H17ClN4O6. The summed E-state index contributed by atoms with van der Waals surface area (Å²) in [6.07, 6.45) is 0.991. The number of likely N-dealkylation sites (tertiary alicyclic amines) is 1. The molecule has 1 aromatic heterocycles. The Kier molecular flexibility index (Phi) is 5.78. The molecule has 0 radical (unpaired) electrons. The molecule has 0 saturated carbocycles. The van der Waals surface area contributed by atoms with E-state index in [1.807, 2.05) is 4.90 Å². The number of carbonyl (C=O) groups is 1. The summed E-state index contributed by atoms with van der Waals surface area (Å²) in [7, 11) is 0. The number of aliphatic carboxylic acids is 1. The Bertz CT molecular complexity index is 961. The number of H-pyrrole nitrogens is 2. The number of carboxylic acid groups (broad SMARTS) is 1. The van der Waals surface area contributed by atoms with E-state index in [4.69, 9.17) is 5.11 Å². The fourth-order valence-corrected chi connectivity index (χ4v) is 3.09. The number of aromatic nitrogens is 2. The van der Waals surface area contributed by atoms with Crippen molar-refractivity contribution in [3.8, 4) is 0 Å². The van der Waals surface area contributed by atoms with Crippen LogP contribution in [0.25, 0.3) is 11.0 Å². The summed E-state index contributed by atoms with van der Waals surface area (Å²) in [6, 6.07) is 2.56. The Labute approximate surface area is 152 Å². The van der Waals surface area contributed by atoms with E-state index >= 15 is 0 Å². The number of hydrogen-bond donors (Lipinski definition) is 3. The highest BCUT2D eigenvalue weighted by Gasteiger charge is 2.25. The molecule has 0 atom stereocenters. The van der Waals surface area contributed by atoms with Crippen LogP contribution < -0.4 is 11.1 Å². The maximum atomic E-state index is 11.6. The molecule has 0 unspecified atom stereocenters. The third-order valence-corrected chi connectivity index (χ3v) is 4.44. The number of nitrogens with one attached hydrogen (secondary N) is 2. The SMILES string of the molecule is Cl.O=C(O)C1CCN(Cc2cc([N+](=O)[O-])cc3[nH]c(=O)c(=O)[nH]c23)CC1. The summed E-state index contributed by atoms with van der Waals surface area (Å²) < 4.78 is 0. The minimum Gasteiger partial charge on any atom is -0.481 e. The second kappa shape index (κ2) is 7.67. The number of fused-ring (bicyclic) bond motifs is 1. The van der Waals surface area contributed by atoms with Gasteiger partial charge in [0, 0.05) is 18.7 Å². The topological polar surface area (TPSA) is 149 Å². The summed E-state index contributed by atoms with van der Waals surface area (Å²) in [5, 5.41) is 20.2. The first-order valence-corrected chi connectivity index (χ1v) is 7.74. The van der Waals surface area contributed by atoms with Crippen molar-refractivity contribution in [1.29, 1.82) is 0 Å². The van der Waals surface area contributed by atoms with E-state index in [1.165, 1.54) is 12.1 Å². The van der Waals surface area contributed by atoms with Crippen molar-refractivity contribution < 1.29 is 14.8 Å². The van der Waals surface area contributed by atoms with Gasteiger partial charge in [0.25, 0.3) is 5.69 Å². The number of carboxylic acids is 1. The number of piperidine rings is 1. The summed E-state index contributed by atoms with van der Waals surface area (Å²) in [4.78, 5) is 51.4. The van der Waals surface area contributed by atoms with Gasteiger partial charge in [0.15, 0.2) is 0 Å². The normalized spacial score (nSPS) is 15.5. The fraction of sp³-hybridized carbons (Fsp3) is 0.400. The minimum absolute atomic E-state index is 0. The Morgan fingerprint density at radius 3 is 2.42 bits per heavy atom. The molecule has 1 aliphatic heterocycles. The van der Waals surface area contributed by atoms with Crippen LogP contribution in [-0.2, 0) is 11.3 Å². The standard InChI is InChI=1S/C15H16N4O6.ClH/c20-13-14(21)17-12-9(5-10(19(24)25)6-11(12)16-13)7-18-3-1-8(2-4-18)15(22)23;/h5-6,8H,1-4,7H2,(H,16,20)(H,17,21)(H,22,23);1H. The lowest BCUT2D eigenvalue weighted by molar-refractivity contribution is -0.384. The highest BCUT2D eigenvalue weighted by Crippen LogP contribution is 2.25. The van der Waals surface area contributed by atoms with Crippen LogP contribution in [-0.4, -0.2) is 44.0 Å². The van der Waals surface area contributed by atoms with E-state index in [-0.39, 0.29) is 29.5 Å². The number of nitro groups is 1. The van der Waals surface area contributed by atoms with Crippen LogP contribution in [0.1, 0.15) is 18.4 Å². The maximum absolute atomic E-state index is 11.6. The Morgan fingerprint density at radius 2 is 1.85 bits per heavy atom. The first-order valence-electron chi connectivity index (χ1n) is 7.74. The third kappa shape index (κ3) is 3.92. The van der Waals surface area contributed by atoms with Crippen LogP contribution in [0.15, 0.2) is 21.7 Å². The summed E-state index contributed by atoms with van der Waals surface area (Å²) in [5.74, 6) is -1.20. The molecule has 3 rings (SSSR count). The molecule has 10 nitrogen and oxygen atoms in total. The quantitative estimate of drug-likeness (QED) is 0.401. The molecule has 3 N–H and O–H groups in total. The van der Waals surface area contributed by atoms with Gasteiger partial charge in [-0.15, -0.1) is 12.4 Å². The van der Waals surface area contributed by atoms with Gasteiger partial charge in [-0.25, -0.2) is 0 Å². The number of rotatable bonds is 4. The molecule has 140 valence electrons. The van der Waals surface area contributed by atoms with Crippen molar-refractivity contribution in [2.45, 2.75) is 19.4 Å². The van der Waals surface area contributed by atoms with Crippen molar-refractivity contribution in [3.63, 3.8) is 0 Å². The van der Waals surface area contributed by atoms with Gasteiger partial charge in [0.2, 0.25) is 0 Å². The van der Waals surface area contributed by atoms with Crippen molar-refractivity contribution in [3.05, 3.63) is 48.5 Å². The van der Waals surface area contributed by atoms with Crippen molar-refractivity contribution in [2.75, 3.05) is 13.1 Å². The largest absolute Gasteiger partial charge is 0.481 e. The lowest BCUT2D eigenvalue weighted by atomic mass is 9.96. The van der Waals surface area contributed by atoms with E-state index in [2.05, 4.69) is 9.97 Å². The lowest BCUT2D eigenvalue weighted by Crippen LogP contribution is -2.36. The fourth-order valence-electron chi connectivity index (χ4n) is 3.09. The van der Waals surface area contributed by atoms with E-state index in [9.17, 15) is 24.5 Å². The van der Waals surface area contributed by atoms with Crippen LogP contribution in [0.5, 0.6) is 0 Å². The van der Waals surface area contributed by atoms with Gasteiger partial charge >= 0.3 is 17.1 Å². The smallest absolute Gasteiger partial charge is 0.314 e. The molecule has 0 bridgehead atoms. The van der Waals surface area contributed by atoms with Crippen LogP contribution >= 0.6 is 12.4 Å². The van der Waals surface area contributed by atoms with Crippen molar-refractivity contribution in [1.82, 2.24) is 14.9 Å². The molecular weight excluding hydrogens is 368 g/mol. The van der Waals surface area contributed by atoms with E-state index in [0.29, 0.717) is 43.6 Å². The molecule has 26 heavy (non-hydrogen) atoms. The molecule has 1 aliphatic rings. The molecule has 1 fully saturated rings. The number of aromatic amines is 2. The van der Waals surface area contributed by atoms with Crippen LogP contribution in [0.2, 0.25) is 0 Å². The molecule has 2 aromatic rings. The third-order valence-electron chi connectivity index (χ3n) is 4.44. The highest BCUT2D eigenvalue weighted by molar-refractivity contribution is 5.85. The average Bonchev–Trinajstić information content (AvgIpc) is 2.56. The molecule has 0 aliphatic carbocycles. The predicted molar refractivity (Wildman–Crippen MR) is 94.7 cm³/mol. The number of non-ortho nitro benzene ring substituents is 1. The highest BCUT2D eigenvalue weighted by atomic mass is 35.5. The Balaban J connectivity index is 0.00000243. The van der Waals surface area contributed by atoms with E-state index < -0.39 is 22.0 Å². The number of nitrogens with zero attached hydrogens (tertiary/aromatic N) is 2. The van der Waals surface area contributed by atoms with Crippen LogP contribution in [0.3, 0.4) is 0 Å². The molecule has 1 aromatic carbocycles. The van der Waals surface area contributed by atoms with Crippen LogP contribution in [0.4, 0.5) is 5.69 Å². The zero-order chi connectivity index (χ0) is 18.1. The molecule has 11 heteroatoms. The first kappa shape index (κ1) is 19.6. The second-order valence-electron chi connectivity index (χ2n) is 6.08. The van der Waals surface area contributed by atoms with E-state index in [0.717, 1.165) is 0 Å². The van der Waals surface area contributed by atoms with E-state index in [1.54, 1.807) is 0 Å². The van der Waals surface area contributed by atoms with Crippen LogP contribution in [0, 0.1) is 16.0 Å². The zero-order valence-electron chi connectivity index (χ0n) is 13.6. The van der Waals surface area contributed by atoms with Gasteiger partial charge in [-0.3, -0.25) is 29.4 Å². The average molecular weight is 385 g/mol.